The van der Waals surface area contributed by atoms with E-state index in [0.29, 0.717) is 18.5 Å². The van der Waals surface area contributed by atoms with E-state index in [4.69, 9.17) is 5.73 Å². The number of hydrogen-bond donors (Lipinski definition) is 2. The molecule has 1 fully saturated rings. The van der Waals surface area contributed by atoms with Gasteiger partial charge in [0, 0.05) is 17.8 Å². The minimum Gasteiger partial charge on any atom is -0.327 e. The van der Waals surface area contributed by atoms with Crippen LogP contribution in [0.1, 0.15) is 51.5 Å². The van der Waals surface area contributed by atoms with Crippen molar-refractivity contribution in [3.05, 3.63) is 29.8 Å². The van der Waals surface area contributed by atoms with E-state index in [-0.39, 0.29) is 11.9 Å². The Labute approximate surface area is 134 Å². The highest BCUT2D eigenvalue weighted by atomic mass is 16.2. The average Bonchev–Trinajstić information content (AvgIpc) is 2.47. The van der Waals surface area contributed by atoms with Crippen LogP contribution in [-0.2, 0) is 4.79 Å². The Hall–Kier alpha value is -1.39. The maximum Gasteiger partial charge on any atom is 0.238 e. The molecular formula is C18H29N3O. The Morgan fingerprint density at radius 3 is 2.82 bits per heavy atom. The number of benzene rings is 1. The smallest absolute Gasteiger partial charge is 0.238 e. The largest absolute Gasteiger partial charge is 0.327 e. The highest BCUT2D eigenvalue weighted by molar-refractivity contribution is 5.92. The first-order valence-corrected chi connectivity index (χ1v) is 8.37. The van der Waals surface area contributed by atoms with Gasteiger partial charge in [-0.3, -0.25) is 9.69 Å². The van der Waals surface area contributed by atoms with E-state index < -0.39 is 0 Å². The summed E-state index contributed by atoms with van der Waals surface area (Å²) >= 11 is 0. The quantitative estimate of drug-likeness (QED) is 0.879. The molecule has 2 atom stereocenters. The highest BCUT2D eigenvalue weighted by Crippen LogP contribution is 2.20. The summed E-state index contributed by atoms with van der Waals surface area (Å²) in [5, 5.41) is 3.02. The van der Waals surface area contributed by atoms with Crippen molar-refractivity contribution >= 4 is 11.6 Å². The first-order valence-electron chi connectivity index (χ1n) is 8.37. The zero-order valence-corrected chi connectivity index (χ0v) is 14.0. The average molecular weight is 303 g/mol. The van der Waals surface area contributed by atoms with Gasteiger partial charge in [0.25, 0.3) is 0 Å². The van der Waals surface area contributed by atoms with Crippen molar-refractivity contribution in [3.8, 4) is 0 Å². The third-order valence-electron chi connectivity index (χ3n) is 4.45. The predicted molar refractivity (Wildman–Crippen MR) is 92.0 cm³/mol. The number of nitrogens with two attached hydrogens (primary N) is 1. The normalized spacial score (nSPS) is 20.9. The van der Waals surface area contributed by atoms with E-state index in [0.717, 1.165) is 25.1 Å². The van der Waals surface area contributed by atoms with E-state index >= 15 is 0 Å². The van der Waals surface area contributed by atoms with Crippen LogP contribution in [0, 0.1) is 0 Å². The van der Waals surface area contributed by atoms with Gasteiger partial charge < -0.3 is 11.1 Å². The van der Waals surface area contributed by atoms with Crippen LogP contribution >= 0.6 is 0 Å². The number of anilines is 1. The van der Waals surface area contributed by atoms with Crippen LogP contribution in [0.5, 0.6) is 0 Å². The van der Waals surface area contributed by atoms with Crippen LogP contribution in [0.15, 0.2) is 24.3 Å². The van der Waals surface area contributed by atoms with Crippen molar-refractivity contribution in [2.45, 2.75) is 58.0 Å². The maximum absolute atomic E-state index is 12.3. The van der Waals surface area contributed by atoms with Crippen molar-refractivity contribution < 1.29 is 4.79 Å². The third kappa shape index (κ3) is 4.55. The molecule has 4 nitrogen and oxygen atoms in total. The Morgan fingerprint density at radius 1 is 1.36 bits per heavy atom. The van der Waals surface area contributed by atoms with Gasteiger partial charge in [0.15, 0.2) is 0 Å². The maximum atomic E-state index is 12.3. The monoisotopic (exact) mass is 303 g/mol. The first kappa shape index (κ1) is 17.0. The van der Waals surface area contributed by atoms with E-state index in [9.17, 15) is 4.79 Å². The Bertz CT molecular complexity index is 499. The topological polar surface area (TPSA) is 58.4 Å². The molecule has 0 aromatic heterocycles. The van der Waals surface area contributed by atoms with Gasteiger partial charge >= 0.3 is 0 Å². The molecule has 0 aliphatic carbocycles. The summed E-state index contributed by atoms with van der Waals surface area (Å²) < 4.78 is 0. The molecule has 1 aliphatic heterocycles. The lowest BCUT2D eigenvalue weighted by Gasteiger charge is -2.37. The second-order valence-electron chi connectivity index (χ2n) is 6.72. The minimum atomic E-state index is 0.0495. The van der Waals surface area contributed by atoms with Gasteiger partial charge in [-0.05, 0) is 49.9 Å². The number of rotatable bonds is 5. The Morgan fingerprint density at radius 2 is 2.14 bits per heavy atom. The number of amides is 1. The van der Waals surface area contributed by atoms with Gasteiger partial charge in [0.2, 0.25) is 5.91 Å². The van der Waals surface area contributed by atoms with Crippen LogP contribution in [-0.4, -0.2) is 36.0 Å². The van der Waals surface area contributed by atoms with Gasteiger partial charge in [-0.25, -0.2) is 0 Å². The van der Waals surface area contributed by atoms with Crippen molar-refractivity contribution in [2.75, 3.05) is 18.4 Å². The summed E-state index contributed by atoms with van der Waals surface area (Å²) in [6.07, 6.45) is 3.45. The molecule has 1 aromatic rings. The van der Waals surface area contributed by atoms with Gasteiger partial charge in [0.1, 0.15) is 0 Å². The zero-order chi connectivity index (χ0) is 16.1. The predicted octanol–water partition coefficient (Wildman–Crippen LogP) is 2.95. The zero-order valence-electron chi connectivity index (χ0n) is 14.0. The van der Waals surface area contributed by atoms with Gasteiger partial charge in [-0.1, -0.05) is 32.4 Å². The summed E-state index contributed by atoms with van der Waals surface area (Å²) in [5.74, 6) is 0.509. The molecule has 2 rings (SSSR count). The second kappa shape index (κ2) is 7.75. The molecule has 22 heavy (non-hydrogen) atoms. The Balaban J connectivity index is 1.96. The molecule has 1 heterocycles. The fourth-order valence-electron chi connectivity index (χ4n) is 3.17. The standard InChI is InChI=1S/C18H29N3O/c1-13(2)15-7-6-8-16(11-15)20-18(22)12-21-10-5-4-9-17(21)14(3)19/h6-8,11,13-14,17H,4-5,9-10,12,19H2,1-3H3,(H,20,22). The fraction of sp³-hybridized carbons (Fsp3) is 0.611. The minimum absolute atomic E-state index is 0.0495. The summed E-state index contributed by atoms with van der Waals surface area (Å²) in [5.41, 5.74) is 8.19. The Kier molecular flexibility index (Phi) is 5.98. The van der Waals surface area contributed by atoms with Crippen LogP contribution in [0.25, 0.3) is 0 Å². The number of nitrogens with one attached hydrogen (secondary N) is 1. The molecular weight excluding hydrogens is 274 g/mol. The van der Waals surface area contributed by atoms with Crippen molar-refractivity contribution in [3.63, 3.8) is 0 Å². The van der Waals surface area contributed by atoms with Gasteiger partial charge in [-0.15, -0.1) is 0 Å². The van der Waals surface area contributed by atoms with Gasteiger partial charge in [0.05, 0.1) is 6.54 Å². The number of carbonyl (C=O) groups is 1. The SMILES string of the molecule is CC(C)c1cccc(NC(=O)CN2CCCCC2C(C)N)c1. The molecule has 0 radical (unpaired) electrons. The van der Waals surface area contributed by atoms with E-state index in [1.165, 1.54) is 12.0 Å². The molecule has 122 valence electrons. The van der Waals surface area contributed by atoms with Crippen molar-refractivity contribution in [1.82, 2.24) is 4.90 Å². The van der Waals surface area contributed by atoms with Crippen LogP contribution < -0.4 is 11.1 Å². The van der Waals surface area contributed by atoms with E-state index in [2.05, 4.69) is 36.2 Å². The molecule has 0 saturated carbocycles. The second-order valence-corrected chi connectivity index (χ2v) is 6.72. The molecule has 0 spiro atoms. The van der Waals surface area contributed by atoms with Crippen molar-refractivity contribution in [1.29, 1.82) is 0 Å². The molecule has 1 aromatic carbocycles. The number of piperidine rings is 1. The molecule has 2 unspecified atom stereocenters. The summed E-state index contributed by atoms with van der Waals surface area (Å²) in [4.78, 5) is 14.6. The number of likely N-dealkylation sites (tertiary alicyclic amines) is 1. The lowest BCUT2D eigenvalue weighted by atomic mass is 9.97. The lowest BCUT2D eigenvalue weighted by molar-refractivity contribution is -0.118. The molecule has 3 N–H and O–H groups in total. The molecule has 1 amide bonds. The van der Waals surface area contributed by atoms with E-state index in [1.807, 2.05) is 19.1 Å². The summed E-state index contributed by atoms with van der Waals surface area (Å²) in [7, 11) is 0. The van der Waals surface area contributed by atoms with Crippen LogP contribution in [0.2, 0.25) is 0 Å². The van der Waals surface area contributed by atoms with E-state index in [1.54, 1.807) is 0 Å². The summed E-state index contributed by atoms with van der Waals surface area (Å²) in [6.45, 7) is 7.74. The molecule has 4 heteroatoms. The van der Waals surface area contributed by atoms with Crippen LogP contribution in [0.4, 0.5) is 5.69 Å². The molecule has 1 saturated heterocycles. The molecule has 0 bridgehead atoms. The first-order chi connectivity index (χ1) is 10.5. The number of nitrogens with zero attached hydrogens (tertiary/aromatic N) is 1. The number of carbonyl (C=O) groups excluding carboxylic acids is 1. The third-order valence-corrected chi connectivity index (χ3v) is 4.45. The molecule has 1 aliphatic rings. The number of hydrogen-bond acceptors (Lipinski definition) is 3. The van der Waals surface area contributed by atoms with Crippen LogP contribution in [0.3, 0.4) is 0 Å². The summed E-state index contributed by atoms with van der Waals surface area (Å²) in [6, 6.07) is 8.53. The fourth-order valence-corrected chi connectivity index (χ4v) is 3.17. The highest BCUT2D eigenvalue weighted by Gasteiger charge is 2.26. The lowest BCUT2D eigenvalue weighted by Crippen LogP contribution is -2.51. The van der Waals surface area contributed by atoms with Gasteiger partial charge in [-0.2, -0.15) is 0 Å². The van der Waals surface area contributed by atoms with Crippen molar-refractivity contribution in [2.24, 2.45) is 5.73 Å².